The first kappa shape index (κ1) is 13.8. The summed E-state index contributed by atoms with van der Waals surface area (Å²) < 4.78 is 10.2. The second-order valence-electron chi connectivity index (χ2n) is 4.08. The van der Waals surface area contributed by atoms with E-state index in [1.54, 1.807) is 30.7 Å². The molecule has 6 heteroatoms. The van der Waals surface area contributed by atoms with Crippen molar-refractivity contribution in [2.45, 2.75) is 13.5 Å². The van der Waals surface area contributed by atoms with Gasteiger partial charge in [0.05, 0.1) is 19.0 Å². The molecule has 2 aromatic rings. The number of aromatic nitrogens is 2. The minimum absolute atomic E-state index is 0.344. The van der Waals surface area contributed by atoms with Gasteiger partial charge in [-0.3, -0.25) is 15.3 Å². The van der Waals surface area contributed by atoms with Gasteiger partial charge in [-0.25, -0.2) is 4.79 Å². The van der Waals surface area contributed by atoms with Gasteiger partial charge in [0.2, 0.25) is 0 Å². The van der Waals surface area contributed by atoms with Gasteiger partial charge >= 0.3 is 6.09 Å². The standard InChI is InChI=1S/C14H15N3O3/c1-10-7-12(3-4-13(10)17-14(18)19-2)20-9-11-8-15-5-6-16-11/h3-8H,9H2,1-2H3,(H,17,18). The molecule has 0 saturated heterocycles. The summed E-state index contributed by atoms with van der Waals surface area (Å²) in [4.78, 5) is 19.2. The third-order valence-corrected chi connectivity index (χ3v) is 2.62. The second-order valence-corrected chi connectivity index (χ2v) is 4.08. The normalized spacial score (nSPS) is 9.90. The van der Waals surface area contributed by atoms with E-state index in [9.17, 15) is 4.79 Å². The van der Waals surface area contributed by atoms with Crippen molar-refractivity contribution in [3.05, 3.63) is 48.0 Å². The predicted molar refractivity (Wildman–Crippen MR) is 73.6 cm³/mol. The monoisotopic (exact) mass is 273 g/mol. The molecule has 0 atom stereocenters. The number of hydrogen-bond acceptors (Lipinski definition) is 5. The highest BCUT2D eigenvalue weighted by Crippen LogP contribution is 2.22. The van der Waals surface area contributed by atoms with Gasteiger partial charge in [0.1, 0.15) is 12.4 Å². The lowest BCUT2D eigenvalue weighted by atomic mass is 10.2. The molecule has 1 N–H and O–H groups in total. The van der Waals surface area contributed by atoms with Gasteiger partial charge in [0, 0.05) is 18.1 Å². The SMILES string of the molecule is COC(=O)Nc1ccc(OCc2cnccn2)cc1C. The Morgan fingerprint density at radius 3 is 2.85 bits per heavy atom. The van der Waals surface area contributed by atoms with Crippen LogP contribution in [0.4, 0.5) is 10.5 Å². The van der Waals surface area contributed by atoms with Crippen molar-refractivity contribution in [2.24, 2.45) is 0 Å². The number of hydrogen-bond donors (Lipinski definition) is 1. The average Bonchev–Trinajstić information content (AvgIpc) is 2.48. The number of aryl methyl sites for hydroxylation is 1. The Bertz CT molecular complexity index is 587. The highest BCUT2D eigenvalue weighted by molar-refractivity contribution is 5.85. The van der Waals surface area contributed by atoms with E-state index in [4.69, 9.17) is 4.74 Å². The van der Waals surface area contributed by atoms with Crippen molar-refractivity contribution in [1.82, 2.24) is 9.97 Å². The van der Waals surface area contributed by atoms with Crippen LogP contribution in [-0.4, -0.2) is 23.2 Å². The van der Waals surface area contributed by atoms with Crippen LogP contribution in [-0.2, 0) is 11.3 Å². The van der Waals surface area contributed by atoms with E-state index in [0.717, 1.165) is 11.3 Å². The molecule has 0 unspecified atom stereocenters. The van der Waals surface area contributed by atoms with Crippen LogP contribution < -0.4 is 10.1 Å². The maximum Gasteiger partial charge on any atom is 0.411 e. The number of benzene rings is 1. The molecule has 1 heterocycles. The van der Waals surface area contributed by atoms with Crippen LogP contribution in [0, 0.1) is 6.92 Å². The maximum atomic E-state index is 11.1. The van der Waals surface area contributed by atoms with Gasteiger partial charge in [-0.1, -0.05) is 0 Å². The number of amides is 1. The van der Waals surface area contributed by atoms with Crippen molar-refractivity contribution in [1.29, 1.82) is 0 Å². The Labute approximate surface area is 116 Å². The van der Waals surface area contributed by atoms with E-state index in [1.807, 2.05) is 13.0 Å². The molecule has 6 nitrogen and oxygen atoms in total. The molecule has 0 aliphatic heterocycles. The van der Waals surface area contributed by atoms with E-state index >= 15 is 0 Å². The Hall–Kier alpha value is -2.63. The van der Waals surface area contributed by atoms with E-state index in [1.165, 1.54) is 7.11 Å². The highest BCUT2D eigenvalue weighted by Gasteiger charge is 2.05. The van der Waals surface area contributed by atoms with Crippen LogP contribution in [0.1, 0.15) is 11.3 Å². The molecule has 0 bridgehead atoms. The van der Waals surface area contributed by atoms with E-state index in [0.29, 0.717) is 18.0 Å². The van der Waals surface area contributed by atoms with Crippen molar-refractivity contribution in [3.63, 3.8) is 0 Å². The average molecular weight is 273 g/mol. The summed E-state index contributed by atoms with van der Waals surface area (Å²) in [5.74, 6) is 0.698. The van der Waals surface area contributed by atoms with Gasteiger partial charge in [0.15, 0.2) is 0 Å². The Balaban J connectivity index is 2.00. The maximum absolute atomic E-state index is 11.1. The molecule has 1 aromatic carbocycles. The molecule has 2 rings (SSSR count). The highest BCUT2D eigenvalue weighted by atomic mass is 16.5. The number of carbonyl (C=O) groups excluding carboxylic acids is 1. The molecule has 1 aromatic heterocycles. The molecule has 104 valence electrons. The van der Waals surface area contributed by atoms with Gasteiger partial charge in [-0.05, 0) is 30.7 Å². The molecule has 0 spiro atoms. The minimum atomic E-state index is -0.499. The predicted octanol–water partition coefficient (Wildman–Crippen LogP) is 2.54. The van der Waals surface area contributed by atoms with Gasteiger partial charge in [0.25, 0.3) is 0 Å². The summed E-state index contributed by atoms with van der Waals surface area (Å²) in [5.41, 5.74) is 2.32. The number of methoxy groups -OCH3 is 1. The molecular formula is C14H15N3O3. The molecule has 0 aliphatic carbocycles. The third kappa shape index (κ3) is 3.68. The van der Waals surface area contributed by atoms with Crippen LogP contribution in [0.5, 0.6) is 5.75 Å². The third-order valence-electron chi connectivity index (χ3n) is 2.62. The topological polar surface area (TPSA) is 73.3 Å². The van der Waals surface area contributed by atoms with Gasteiger partial charge in [-0.15, -0.1) is 0 Å². The number of rotatable bonds is 4. The number of anilines is 1. The summed E-state index contributed by atoms with van der Waals surface area (Å²) in [6.07, 6.45) is 4.38. The lowest BCUT2D eigenvalue weighted by Crippen LogP contribution is -2.11. The zero-order valence-corrected chi connectivity index (χ0v) is 11.3. The fraction of sp³-hybridized carbons (Fsp3) is 0.214. The van der Waals surface area contributed by atoms with Crippen LogP contribution in [0.2, 0.25) is 0 Å². The zero-order valence-electron chi connectivity index (χ0n) is 11.3. The Kier molecular flexibility index (Phi) is 4.49. The quantitative estimate of drug-likeness (QED) is 0.926. The lowest BCUT2D eigenvalue weighted by molar-refractivity contribution is 0.187. The van der Waals surface area contributed by atoms with Crippen molar-refractivity contribution >= 4 is 11.8 Å². The van der Waals surface area contributed by atoms with Crippen molar-refractivity contribution in [2.75, 3.05) is 12.4 Å². The zero-order chi connectivity index (χ0) is 14.4. The number of nitrogens with zero attached hydrogens (tertiary/aromatic N) is 2. The number of ether oxygens (including phenoxy) is 2. The van der Waals surface area contributed by atoms with Crippen LogP contribution in [0.15, 0.2) is 36.8 Å². The van der Waals surface area contributed by atoms with Crippen LogP contribution in [0.3, 0.4) is 0 Å². The molecule has 0 saturated carbocycles. The molecule has 1 amide bonds. The van der Waals surface area contributed by atoms with Crippen molar-refractivity contribution in [3.8, 4) is 5.75 Å². The summed E-state index contributed by atoms with van der Waals surface area (Å²) >= 11 is 0. The number of carbonyl (C=O) groups is 1. The first-order valence-electron chi connectivity index (χ1n) is 6.02. The first-order valence-corrected chi connectivity index (χ1v) is 6.02. The first-order chi connectivity index (χ1) is 9.69. The van der Waals surface area contributed by atoms with E-state index in [2.05, 4.69) is 20.0 Å². The smallest absolute Gasteiger partial charge is 0.411 e. The number of nitrogens with one attached hydrogen (secondary N) is 1. The van der Waals surface area contributed by atoms with Gasteiger partial charge < -0.3 is 9.47 Å². The lowest BCUT2D eigenvalue weighted by Gasteiger charge is -2.10. The fourth-order valence-corrected chi connectivity index (χ4v) is 1.59. The van der Waals surface area contributed by atoms with Crippen LogP contribution >= 0.6 is 0 Å². The molecule has 0 fully saturated rings. The summed E-state index contributed by atoms with van der Waals surface area (Å²) in [5, 5.41) is 2.62. The molecular weight excluding hydrogens is 258 g/mol. The Morgan fingerprint density at radius 2 is 2.20 bits per heavy atom. The van der Waals surface area contributed by atoms with Crippen molar-refractivity contribution < 1.29 is 14.3 Å². The summed E-state index contributed by atoms with van der Waals surface area (Å²) in [6, 6.07) is 5.37. The van der Waals surface area contributed by atoms with E-state index < -0.39 is 6.09 Å². The summed E-state index contributed by atoms with van der Waals surface area (Å²) in [6.45, 7) is 2.22. The fourth-order valence-electron chi connectivity index (χ4n) is 1.59. The van der Waals surface area contributed by atoms with Crippen LogP contribution in [0.25, 0.3) is 0 Å². The van der Waals surface area contributed by atoms with E-state index in [-0.39, 0.29) is 0 Å². The molecule has 20 heavy (non-hydrogen) atoms. The summed E-state index contributed by atoms with van der Waals surface area (Å²) in [7, 11) is 1.32. The molecule has 0 aliphatic rings. The largest absolute Gasteiger partial charge is 0.487 e. The minimum Gasteiger partial charge on any atom is -0.487 e. The molecule has 0 radical (unpaired) electrons. The van der Waals surface area contributed by atoms with Gasteiger partial charge in [-0.2, -0.15) is 0 Å². The second kappa shape index (κ2) is 6.51. The Morgan fingerprint density at radius 1 is 1.35 bits per heavy atom.